The van der Waals surface area contributed by atoms with Gasteiger partial charge in [-0.25, -0.2) is 0 Å². The summed E-state index contributed by atoms with van der Waals surface area (Å²) in [7, 11) is 0. The van der Waals surface area contributed by atoms with Crippen molar-refractivity contribution in [2.45, 2.75) is 19.4 Å². The van der Waals surface area contributed by atoms with Gasteiger partial charge in [0.2, 0.25) is 0 Å². The highest BCUT2D eigenvalue weighted by Gasteiger charge is 2.06. The van der Waals surface area contributed by atoms with Gasteiger partial charge in [0.15, 0.2) is 0 Å². The largest absolute Gasteiger partial charge is 0.456 e. The van der Waals surface area contributed by atoms with Crippen LogP contribution in [0.2, 0.25) is 0 Å². The van der Waals surface area contributed by atoms with Gasteiger partial charge in [-0.05, 0) is 58.2 Å². The van der Waals surface area contributed by atoms with E-state index in [0.717, 1.165) is 27.1 Å². The van der Waals surface area contributed by atoms with Crippen LogP contribution in [0.15, 0.2) is 46.9 Å². The van der Waals surface area contributed by atoms with Crippen molar-refractivity contribution in [3.8, 4) is 17.6 Å². The Balaban J connectivity index is 2.15. The molecule has 2 aromatic rings. The molecule has 4 heteroatoms. The lowest BCUT2D eigenvalue weighted by molar-refractivity contribution is 0.479. The molecule has 0 heterocycles. The number of hydrogen-bond acceptors (Lipinski definition) is 3. The van der Waals surface area contributed by atoms with Crippen molar-refractivity contribution in [1.82, 2.24) is 0 Å². The fourth-order valence-electron chi connectivity index (χ4n) is 1.78. The Morgan fingerprint density at radius 2 is 1.95 bits per heavy atom. The highest BCUT2D eigenvalue weighted by molar-refractivity contribution is 9.10. The number of ether oxygens (including phenoxy) is 1. The van der Waals surface area contributed by atoms with Gasteiger partial charge in [-0.15, -0.1) is 0 Å². The third-order valence-electron chi connectivity index (χ3n) is 2.92. The van der Waals surface area contributed by atoms with E-state index in [-0.39, 0.29) is 6.04 Å². The summed E-state index contributed by atoms with van der Waals surface area (Å²) in [5.74, 6) is 1.48. The quantitative estimate of drug-likeness (QED) is 0.907. The zero-order valence-electron chi connectivity index (χ0n) is 11.1. The van der Waals surface area contributed by atoms with E-state index in [2.05, 4.69) is 22.0 Å². The summed E-state index contributed by atoms with van der Waals surface area (Å²) in [6.07, 6.45) is 0.410. The third kappa shape index (κ3) is 3.60. The Bertz CT molecular complexity index is 630. The predicted molar refractivity (Wildman–Crippen MR) is 82.6 cm³/mol. The topological polar surface area (TPSA) is 59.0 Å². The molecule has 0 unspecified atom stereocenters. The lowest BCUT2D eigenvalue weighted by Crippen LogP contribution is -2.04. The summed E-state index contributed by atoms with van der Waals surface area (Å²) in [5, 5.41) is 8.63. The number of rotatable bonds is 4. The van der Waals surface area contributed by atoms with Gasteiger partial charge in [-0.2, -0.15) is 5.26 Å². The number of nitrogens with zero attached hydrogens (tertiary/aromatic N) is 1. The molecular formula is C16H15BrN2O. The number of nitriles is 1. The Hall–Kier alpha value is -1.83. The average molecular weight is 331 g/mol. The second-order valence-electron chi connectivity index (χ2n) is 4.56. The van der Waals surface area contributed by atoms with Crippen LogP contribution >= 0.6 is 15.9 Å². The van der Waals surface area contributed by atoms with Crippen LogP contribution in [0, 0.1) is 11.3 Å². The maximum Gasteiger partial charge on any atom is 0.141 e. The van der Waals surface area contributed by atoms with Gasteiger partial charge < -0.3 is 10.5 Å². The summed E-state index contributed by atoms with van der Waals surface area (Å²) in [5.41, 5.74) is 7.87. The van der Waals surface area contributed by atoms with Crippen LogP contribution in [0.1, 0.15) is 24.1 Å². The van der Waals surface area contributed by atoms with Crippen LogP contribution in [0.4, 0.5) is 0 Å². The van der Waals surface area contributed by atoms with E-state index in [1.165, 1.54) is 0 Å². The molecule has 102 valence electrons. The molecule has 2 rings (SSSR count). The van der Waals surface area contributed by atoms with E-state index in [0.29, 0.717) is 6.42 Å². The Morgan fingerprint density at radius 3 is 2.50 bits per heavy atom. The molecule has 0 aliphatic heterocycles. The first-order valence-electron chi connectivity index (χ1n) is 6.29. The molecule has 0 radical (unpaired) electrons. The minimum Gasteiger partial charge on any atom is -0.456 e. The minimum atomic E-state index is -0.00869. The standard InChI is InChI=1S/C16H15BrN2O/c1-11(19)13-4-7-16(15(17)10-13)20-14-5-2-12(3-6-14)8-9-18/h2-7,10-11H,8,19H2,1H3/t11-/m1/s1. The highest BCUT2D eigenvalue weighted by Crippen LogP contribution is 2.31. The maximum atomic E-state index is 8.63. The van der Waals surface area contributed by atoms with Crippen LogP contribution < -0.4 is 10.5 Å². The van der Waals surface area contributed by atoms with Gasteiger partial charge in [-0.1, -0.05) is 18.2 Å². The number of nitrogens with two attached hydrogens (primary N) is 1. The summed E-state index contributed by atoms with van der Waals surface area (Å²) in [6, 6.07) is 15.4. The van der Waals surface area contributed by atoms with E-state index < -0.39 is 0 Å². The van der Waals surface area contributed by atoms with Gasteiger partial charge in [0.25, 0.3) is 0 Å². The van der Waals surface area contributed by atoms with Crippen LogP contribution in [-0.2, 0) is 6.42 Å². The van der Waals surface area contributed by atoms with Crippen LogP contribution in [0.3, 0.4) is 0 Å². The fourth-order valence-corrected chi connectivity index (χ4v) is 2.25. The third-order valence-corrected chi connectivity index (χ3v) is 3.54. The Labute approximate surface area is 127 Å². The minimum absolute atomic E-state index is 0.00869. The molecule has 0 saturated heterocycles. The number of benzene rings is 2. The van der Waals surface area contributed by atoms with E-state index in [4.69, 9.17) is 15.7 Å². The molecule has 0 aromatic heterocycles. The first-order valence-corrected chi connectivity index (χ1v) is 7.08. The second kappa shape index (κ2) is 6.56. The molecule has 1 atom stereocenters. The molecule has 0 spiro atoms. The van der Waals surface area contributed by atoms with Crippen molar-refractivity contribution in [2.24, 2.45) is 5.73 Å². The van der Waals surface area contributed by atoms with E-state index in [9.17, 15) is 0 Å². The van der Waals surface area contributed by atoms with Crippen molar-refractivity contribution in [3.63, 3.8) is 0 Å². The van der Waals surface area contributed by atoms with Crippen molar-refractivity contribution in [2.75, 3.05) is 0 Å². The van der Waals surface area contributed by atoms with E-state index >= 15 is 0 Å². The molecular weight excluding hydrogens is 316 g/mol. The zero-order chi connectivity index (χ0) is 14.5. The predicted octanol–water partition coefficient (Wildman–Crippen LogP) is 4.33. The van der Waals surface area contributed by atoms with Gasteiger partial charge in [0, 0.05) is 6.04 Å². The van der Waals surface area contributed by atoms with E-state index in [1.54, 1.807) is 0 Å². The number of hydrogen-bond donors (Lipinski definition) is 1. The van der Waals surface area contributed by atoms with Gasteiger partial charge >= 0.3 is 0 Å². The Kier molecular flexibility index (Phi) is 4.78. The molecule has 20 heavy (non-hydrogen) atoms. The monoisotopic (exact) mass is 330 g/mol. The molecule has 2 aromatic carbocycles. The first-order chi connectivity index (χ1) is 9.60. The summed E-state index contributed by atoms with van der Waals surface area (Å²) >= 11 is 3.49. The van der Waals surface area contributed by atoms with Crippen LogP contribution in [0.5, 0.6) is 11.5 Å². The molecule has 0 saturated carbocycles. The average Bonchev–Trinajstić information content (AvgIpc) is 2.43. The molecule has 0 bridgehead atoms. The maximum absolute atomic E-state index is 8.63. The lowest BCUT2D eigenvalue weighted by Gasteiger charge is -2.11. The Morgan fingerprint density at radius 1 is 1.25 bits per heavy atom. The molecule has 3 nitrogen and oxygen atoms in total. The second-order valence-corrected chi connectivity index (χ2v) is 5.41. The normalized spacial score (nSPS) is 11.7. The smallest absolute Gasteiger partial charge is 0.141 e. The van der Waals surface area contributed by atoms with Crippen molar-refractivity contribution >= 4 is 15.9 Å². The first kappa shape index (κ1) is 14.6. The molecule has 0 aliphatic carbocycles. The summed E-state index contributed by atoms with van der Waals surface area (Å²) < 4.78 is 6.68. The molecule has 0 aliphatic rings. The SMILES string of the molecule is C[C@@H](N)c1ccc(Oc2ccc(CC#N)cc2)c(Br)c1. The van der Waals surface area contributed by atoms with Crippen LogP contribution in [-0.4, -0.2) is 0 Å². The molecule has 2 N–H and O–H groups in total. The summed E-state index contributed by atoms with van der Waals surface area (Å²) in [4.78, 5) is 0. The van der Waals surface area contributed by atoms with Gasteiger partial charge in [0.1, 0.15) is 11.5 Å². The lowest BCUT2D eigenvalue weighted by atomic mass is 10.1. The molecule has 0 fully saturated rings. The van der Waals surface area contributed by atoms with Crippen molar-refractivity contribution < 1.29 is 4.74 Å². The van der Waals surface area contributed by atoms with E-state index in [1.807, 2.05) is 49.4 Å². The van der Waals surface area contributed by atoms with Gasteiger partial charge in [-0.3, -0.25) is 0 Å². The van der Waals surface area contributed by atoms with Crippen molar-refractivity contribution in [1.29, 1.82) is 5.26 Å². The number of halogens is 1. The van der Waals surface area contributed by atoms with Crippen molar-refractivity contribution in [3.05, 3.63) is 58.1 Å². The summed E-state index contributed by atoms with van der Waals surface area (Å²) in [6.45, 7) is 1.94. The highest BCUT2D eigenvalue weighted by atomic mass is 79.9. The fraction of sp³-hybridized carbons (Fsp3) is 0.188. The molecule has 0 amide bonds. The van der Waals surface area contributed by atoms with Gasteiger partial charge in [0.05, 0.1) is 17.0 Å². The zero-order valence-corrected chi connectivity index (χ0v) is 12.7. The van der Waals surface area contributed by atoms with Crippen LogP contribution in [0.25, 0.3) is 0 Å².